The molecule has 0 atom stereocenters. The van der Waals surface area contributed by atoms with E-state index in [9.17, 15) is 4.79 Å². The SMILES string of the molecule is C=CC(=O)OCC1(N)COCOC1. The molecular formula is C8H13NO4. The zero-order valence-corrected chi connectivity index (χ0v) is 7.32. The lowest BCUT2D eigenvalue weighted by Crippen LogP contribution is -2.55. The van der Waals surface area contributed by atoms with Gasteiger partial charge in [-0.3, -0.25) is 0 Å². The fourth-order valence-electron chi connectivity index (χ4n) is 0.948. The summed E-state index contributed by atoms with van der Waals surface area (Å²) in [6, 6.07) is 0. The first kappa shape index (κ1) is 10.2. The van der Waals surface area contributed by atoms with Crippen molar-refractivity contribution in [2.24, 2.45) is 5.73 Å². The molecule has 1 fully saturated rings. The van der Waals surface area contributed by atoms with Gasteiger partial charge < -0.3 is 19.9 Å². The molecule has 0 unspecified atom stereocenters. The topological polar surface area (TPSA) is 70.8 Å². The lowest BCUT2D eigenvalue weighted by atomic mass is 10.1. The molecule has 0 spiro atoms. The molecule has 5 nitrogen and oxygen atoms in total. The molecule has 13 heavy (non-hydrogen) atoms. The second-order valence-corrected chi connectivity index (χ2v) is 2.99. The zero-order chi connectivity index (χ0) is 9.73. The van der Waals surface area contributed by atoms with Crippen molar-refractivity contribution in [3.63, 3.8) is 0 Å². The molecule has 1 saturated heterocycles. The lowest BCUT2D eigenvalue weighted by Gasteiger charge is -2.31. The highest BCUT2D eigenvalue weighted by atomic mass is 16.7. The Bertz CT molecular complexity index is 198. The molecule has 5 heteroatoms. The van der Waals surface area contributed by atoms with E-state index in [0.29, 0.717) is 13.2 Å². The second-order valence-electron chi connectivity index (χ2n) is 2.99. The van der Waals surface area contributed by atoms with Gasteiger partial charge in [-0.05, 0) is 0 Å². The highest BCUT2D eigenvalue weighted by Crippen LogP contribution is 2.08. The Kier molecular flexibility index (Phi) is 3.41. The Morgan fingerprint density at radius 2 is 2.23 bits per heavy atom. The summed E-state index contributed by atoms with van der Waals surface area (Å²) in [5.41, 5.74) is 5.08. The number of carbonyl (C=O) groups is 1. The highest BCUT2D eigenvalue weighted by Gasteiger charge is 2.30. The Balaban J connectivity index is 2.32. The predicted molar refractivity (Wildman–Crippen MR) is 44.8 cm³/mol. The summed E-state index contributed by atoms with van der Waals surface area (Å²) in [7, 11) is 0. The largest absolute Gasteiger partial charge is 0.460 e. The van der Waals surface area contributed by atoms with E-state index in [0.717, 1.165) is 6.08 Å². The van der Waals surface area contributed by atoms with Gasteiger partial charge >= 0.3 is 5.97 Å². The summed E-state index contributed by atoms with van der Waals surface area (Å²) in [4.78, 5) is 10.7. The van der Waals surface area contributed by atoms with Crippen LogP contribution in [0.15, 0.2) is 12.7 Å². The molecule has 2 N–H and O–H groups in total. The van der Waals surface area contributed by atoms with Crippen LogP contribution in [0.25, 0.3) is 0 Å². The molecule has 1 aliphatic heterocycles. The molecule has 0 amide bonds. The van der Waals surface area contributed by atoms with Crippen molar-refractivity contribution < 1.29 is 19.0 Å². The predicted octanol–water partition coefficient (Wildman–Crippen LogP) is -0.583. The molecule has 0 aromatic heterocycles. The first-order valence-electron chi connectivity index (χ1n) is 3.90. The third kappa shape index (κ3) is 3.14. The molecule has 1 heterocycles. The minimum atomic E-state index is -0.725. The fraction of sp³-hybridized carbons (Fsp3) is 0.625. The quantitative estimate of drug-likeness (QED) is 0.472. The smallest absolute Gasteiger partial charge is 0.330 e. The number of carbonyl (C=O) groups excluding carboxylic acids is 1. The average Bonchev–Trinajstić information content (AvgIpc) is 2.15. The normalized spacial score (nSPS) is 20.7. The van der Waals surface area contributed by atoms with Crippen molar-refractivity contribution in [3.8, 4) is 0 Å². The fourth-order valence-corrected chi connectivity index (χ4v) is 0.948. The maximum Gasteiger partial charge on any atom is 0.330 e. The minimum Gasteiger partial charge on any atom is -0.460 e. The van der Waals surface area contributed by atoms with Gasteiger partial charge in [0.25, 0.3) is 0 Å². The van der Waals surface area contributed by atoms with Crippen LogP contribution in [0.3, 0.4) is 0 Å². The maximum atomic E-state index is 10.7. The van der Waals surface area contributed by atoms with Crippen molar-refractivity contribution in [1.29, 1.82) is 0 Å². The van der Waals surface area contributed by atoms with Gasteiger partial charge in [-0.1, -0.05) is 6.58 Å². The van der Waals surface area contributed by atoms with Gasteiger partial charge in [-0.25, -0.2) is 4.79 Å². The molecular weight excluding hydrogens is 174 g/mol. The van der Waals surface area contributed by atoms with Crippen molar-refractivity contribution in [2.75, 3.05) is 26.6 Å². The zero-order valence-electron chi connectivity index (χ0n) is 7.32. The van der Waals surface area contributed by atoms with Crippen LogP contribution in [0.1, 0.15) is 0 Å². The van der Waals surface area contributed by atoms with Gasteiger partial charge in [0.1, 0.15) is 13.4 Å². The second kappa shape index (κ2) is 4.36. The van der Waals surface area contributed by atoms with Crippen LogP contribution >= 0.6 is 0 Å². The van der Waals surface area contributed by atoms with Gasteiger partial charge in [0.05, 0.1) is 18.8 Å². The summed E-state index contributed by atoms with van der Waals surface area (Å²) < 4.78 is 14.8. The Morgan fingerprint density at radius 1 is 1.62 bits per heavy atom. The molecule has 0 aromatic rings. The first-order chi connectivity index (χ1) is 6.16. The minimum absolute atomic E-state index is 0.0812. The van der Waals surface area contributed by atoms with Gasteiger partial charge in [0, 0.05) is 6.08 Å². The van der Waals surface area contributed by atoms with Crippen molar-refractivity contribution >= 4 is 5.97 Å². The summed E-state index contributed by atoms with van der Waals surface area (Å²) in [6.45, 7) is 4.26. The van der Waals surface area contributed by atoms with E-state index >= 15 is 0 Å². The van der Waals surface area contributed by atoms with E-state index in [2.05, 4.69) is 6.58 Å². The molecule has 0 bridgehead atoms. The number of nitrogens with two attached hydrogens (primary N) is 1. The van der Waals surface area contributed by atoms with Crippen LogP contribution in [-0.2, 0) is 19.0 Å². The third-order valence-corrected chi connectivity index (χ3v) is 1.61. The Morgan fingerprint density at radius 3 is 2.77 bits per heavy atom. The van der Waals surface area contributed by atoms with E-state index in [1.54, 1.807) is 0 Å². The number of rotatable bonds is 3. The summed E-state index contributed by atoms with van der Waals surface area (Å²) in [6.07, 6.45) is 1.09. The number of hydrogen-bond donors (Lipinski definition) is 1. The molecule has 1 aliphatic rings. The number of ether oxygens (including phenoxy) is 3. The van der Waals surface area contributed by atoms with Crippen LogP contribution in [0, 0.1) is 0 Å². The Hall–Kier alpha value is -0.910. The summed E-state index contributed by atoms with van der Waals surface area (Å²) in [5, 5.41) is 0. The highest BCUT2D eigenvalue weighted by molar-refractivity contribution is 5.81. The average molecular weight is 187 g/mol. The monoisotopic (exact) mass is 187 g/mol. The van der Waals surface area contributed by atoms with E-state index in [-0.39, 0.29) is 13.4 Å². The third-order valence-electron chi connectivity index (χ3n) is 1.61. The van der Waals surface area contributed by atoms with Crippen molar-refractivity contribution in [2.45, 2.75) is 5.54 Å². The van der Waals surface area contributed by atoms with E-state index in [1.807, 2.05) is 0 Å². The van der Waals surface area contributed by atoms with E-state index in [4.69, 9.17) is 19.9 Å². The van der Waals surface area contributed by atoms with Crippen LogP contribution in [0.4, 0.5) is 0 Å². The summed E-state index contributed by atoms with van der Waals surface area (Å²) >= 11 is 0. The molecule has 0 aromatic carbocycles. The van der Waals surface area contributed by atoms with E-state index < -0.39 is 11.5 Å². The summed E-state index contributed by atoms with van der Waals surface area (Å²) in [5.74, 6) is -0.490. The molecule has 0 saturated carbocycles. The lowest BCUT2D eigenvalue weighted by molar-refractivity contribution is -0.159. The van der Waals surface area contributed by atoms with Gasteiger partial charge in [0.15, 0.2) is 0 Å². The van der Waals surface area contributed by atoms with Crippen molar-refractivity contribution in [1.82, 2.24) is 0 Å². The van der Waals surface area contributed by atoms with Crippen LogP contribution in [-0.4, -0.2) is 38.1 Å². The van der Waals surface area contributed by atoms with Gasteiger partial charge in [-0.15, -0.1) is 0 Å². The van der Waals surface area contributed by atoms with Crippen LogP contribution in [0.2, 0.25) is 0 Å². The number of esters is 1. The van der Waals surface area contributed by atoms with Crippen LogP contribution < -0.4 is 5.73 Å². The van der Waals surface area contributed by atoms with E-state index in [1.165, 1.54) is 0 Å². The number of hydrogen-bond acceptors (Lipinski definition) is 5. The molecule has 1 rings (SSSR count). The molecule has 0 radical (unpaired) electrons. The van der Waals surface area contributed by atoms with Crippen LogP contribution in [0.5, 0.6) is 0 Å². The molecule has 0 aliphatic carbocycles. The van der Waals surface area contributed by atoms with Gasteiger partial charge in [-0.2, -0.15) is 0 Å². The standard InChI is InChI=1S/C8H13NO4/c1-2-7(10)13-5-8(9)3-11-6-12-4-8/h2H,1,3-6,9H2. The van der Waals surface area contributed by atoms with Gasteiger partial charge in [0.2, 0.25) is 0 Å². The molecule has 74 valence electrons. The van der Waals surface area contributed by atoms with Crippen molar-refractivity contribution in [3.05, 3.63) is 12.7 Å². The first-order valence-corrected chi connectivity index (χ1v) is 3.90. The maximum absolute atomic E-state index is 10.7. The Labute approximate surface area is 76.4 Å².